The van der Waals surface area contributed by atoms with Gasteiger partial charge in [-0.2, -0.15) is 0 Å². The largest absolute Gasteiger partial charge is 0.481 e. The Morgan fingerprint density at radius 3 is 1.50 bits per heavy atom. The molecule has 0 aromatic carbocycles. The molecule has 4 bridgehead atoms. The number of carboxylic acids is 2. The summed E-state index contributed by atoms with van der Waals surface area (Å²) in [4.78, 5) is 23.7. The van der Waals surface area contributed by atoms with Crippen molar-refractivity contribution in [3.63, 3.8) is 0 Å². The summed E-state index contributed by atoms with van der Waals surface area (Å²) in [6.07, 6.45) is 1.73. The lowest BCUT2D eigenvalue weighted by molar-refractivity contribution is -0.161. The fourth-order valence-electron chi connectivity index (χ4n) is 6.70. The molecule has 0 aromatic rings. The van der Waals surface area contributed by atoms with E-state index >= 15 is 0 Å². The summed E-state index contributed by atoms with van der Waals surface area (Å²) >= 11 is 0. The number of fused-ring (bicyclic) bond motifs is 9. The molecule has 6 heteroatoms. The standard InChI is InChI=1S/C16H22O6/c1-13-5-6-14(2,21-13)10-9(13)15(3)7(11(17)18)8(12(19)20)16(10,4)22-15/h7-10H,5-6H2,1-4H3,(H,17,18)(H,19,20)/t7-,8+,9-,10+,13+,14-,15-,16-/m0/s1. The predicted octanol–water partition coefficient (Wildman–Crippen LogP) is 1.52. The van der Waals surface area contributed by atoms with E-state index in [4.69, 9.17) is 9.47 Å². The number of hydrogen-bond acceptors (Lipinski definition) is 4. The smallest absolute Gasteiger partial charge is 0.310 e. The first-order valence-electron chi connectivity index (χ1n) is 7.86. The fraction of sp³-hybridized carbons (Fsp3) is 0.875. The molecular formula is C16H22O6. The summed E-state index contributed by atoms with van der Waals surface area (Å²) in [6.45, 7) is 7.60. The van der Waals surface area contributed by atoms with Gasteiger partial charge in [-0.25, -0.2) is 0 Å². The van der Waals surface area contributed by atoms with E-state index in [0.29, 0.717) is 0 Å². The lowest BCUT2D eigenvalue weighted by atomic mass is 9.49. The van der Waals surface area contributed by atoms with Gasteiger partial charge in [0.05, 0.1) is 22.4 Å². The Balaban J connectivity index is 1.93. The fourth-order valence-corrected chi connectivity index (χ4v) is 6.70. The van der Waals surface area contributed by atoms with Crippen molar-refractivity contribution in [2.45, 2.75) is 62.9 Å². The molecule has 0 unspecified atom stereocenters. The zero-order valence-corrected chi connectivity index (χ0v) is 13.3. The van der Waals surface area contributed by atoms with Gasteiger partial charge in [-0.15, -0.1) is 0 Å². The minimum Gasteiger partial charge on any atom is -0.481 e. The normalized spacial score (nSPS) is 61.5. The second-order valence-electron chi connectivity index (χ2n) is 8.28. The topological polar surface area (TPSA) is 93.1 Å². The van der Waals surface area contributed by atoms with E-state index in [1.807, 2.05) is 13.8 Å². The highest BCUT2D eigenvalue weighted by atomic mass is 16.6. The van der Waals surface area contributed by atoms with Crippen LogP contribution in [0.2, 0.25) is 0 Å². The molecule has 4 aliphatic heterocycles. The van der Waals surface area contributed by atoms with Crippen LogP contribution in [0.1, 0.15) is 40.5 Å². The van der Waals surface area contributed by atoms with Crippen molar-refractivity contribution in [3.05, 3.63) is 0 Å². The molecule has 0 radical (unpaired) electrons. The lowest BCUT2D eigenvalue weighted by Gasteiger charge is -2.47. The molecule has 4 fully saturated rings. The average Bonchev–Trinajstić information content (AvgIpc) is 2.96. The van der Waals surface area contributed by atoms with Gasteiger partial charge in [0, 0.05) is 11.8 Å². The highest BCUT2D eigenvalue weighted by Gasteiger charge is 2.85. The molecule has 4 saturated heterocycles. The molecule has 0 saturated carbocycles. The van der Waals surface area contributed by atoms with Gasteiger partial charge in [0.1, 0.15) is 11.8 Å². The molecule has 4 aliphatic rings. The van der Waals surface area contributed by atoms with Crippen molar-refractivity contribution in [3.8, 4) is 0 Å². The SMILES string of the molecule is C[C@]12O[C@@](C)([C@@H](C(=O)O)[C@H]1C(=O)O)[C@@H]1[C@H]2[C@@]2(C)CC[C@]1(C)O2. The van der Waals surface area contributed by atoms with Crippen molar-refractivity contribution in [2.24, 2.45) is 23.7 Å². The van der Waals surface area contributed by atoms with Gasteiger partial charge in [0.25, 0.3) is 0 Å². The average molecular weight is 310 g/mol. The van der Waals surface area contributed by atoms with Crippen molar-refractivity contribution in [1.29, 1.82) is 0 Å². The Kier molecular flexibility index (Phi) is 2.31. The summed E-state index contributed by atoms with van der Waals surface area (Å²) in [5, 5.41) is 19.4. The molecule has 4 heterocycles. The summed E-state index contributed by atoms with van der Waals surface area (Å²) in [5.41, 5.74) is -2.85. The van der Waals surface area contributed by atoms with Crippen LogP contribution in [0.25, 0.3) is 0 Å². The van der Waals surface area contributed by atoms with Gasteiger partial charge >= 0.3 is 11.9 Å². The number of rotatable bonds is 2. The van der Waals surface area contributed by atoms with E-state index in [-0.39, 0.29) is 11.8 Å². The van der Waals surface area contributed by atoms with Crippen molar-refractivity contribution < 1.29 is 29.3 Å². The van der Waals surface area contributed by atoms with Gasteiger partial charge < -0.3 is 19.7 Å². The Morgan fingerprint density at radius 2 is 1.18 bits per heavy atom. The van der Waals surface area contributed by atoms with Crippen molar-refractivity contribution in [1.82, 2.24) is 0 Å². The number of hydrogen-bond donors (Lipinski definition) is 2. The molecule has 8 atom stereocenters. The summed E-state index contributed by atoms with van der Waals surface area (Å²) < 4.78 is 12.5. The van der Waals surface area contributed by atoms with Gasteiger partial charge in [-0.3, -0.25) is 9.59 Å². The second kappa shape index (κ2) is 3.51. The van der Waals surface area contributed by atoms with Gasteiger partial charge in [-0.1, -0.05) is 0 Å². The highest BCUT2D eigenvalue weighted by Crippen LogP contribution is 2.75. The molecule has 0 amide bonds. The van der Waals surface area contributed by atoms with Crippen LogP contribution in [-0.2, 0) is 19.1 Å². The zero-order chi connectivity index (χ0) is 16.3. The third-order valence-corrected chi connectivity index (χ3v) is 7.01. The van der Waals surface area contributed by atoms with Gasteiger partial charge in [-0.05, 0) is 40.5 Å². The Hall–Kier alpha value is -1.14. The maximum Gasteiger partial charge on any atom is 0.310 e. The highest BCUT2D eigenvalue weighted by molar-refractivity contribution is 5.84. The Morgan fingerprint density at radius 1 is 0.818 bits per heavy atom. The molecular weight excluding hydrogens is 288 g/mol. The molecule has 122 valence electrons. The maximum absolute atomic E-state index is 11.8. The van der Waals surface area contributed by atoms with E-state index in [0.717, 1.165) is 12.8 Å². The number of carbonyl (C=O) groups is 2. The van der Waals surface area contributed by atoms with E-state index in [2.05, 4.69) is 0 Å². The molecule has 4 rings (SSSR count). The first-order chi connectivity index (χ1) is 10.00. The number of aliphatic carboxylic acids is 2. The Bertz CT molecular complexity index is 553. The quantitative estimate of drug-likeness (QED) is 0.803. The van der Waals surface area contributed by atoms with E-state index in [1.165, 1.54) is 0 Å². The Labute approximate surface area is 128 Å². The predicted molar refractivity (Wildman–Crippen MR) is 74.3 cm³/mol. The van der Waals surface area contributed by atoms with Crippen LogP contribution in [0.3, 0.4) is 0 Å². The van der Waals surface area contributed by atoms with Gasteiger partial charge in [0.15, 0.2) is 0 Å². The van der Waals surface area contributed by atoms with Crippen LogP contribution in [0.5, 0.6) is 0 Å². The molecule has 2 N–H and O–H groups in total. The number of ether oxygens (including phenoxy) is 2. The van der Waals surface area contributed by atoms with Gasteiger partial charge in [0.2, 0.25) is 0 Å². The van der Waals surface area contributed by atoms with Crippen LogP contribution >= 0.6 is 0 Å². The summed E-state index contributed by atoms with van der Waals surface area (Å²) in [7, 11) is 0. The summed E-state index contributed by atoms with van der Waals surface area (Å²) in [6, 6.07) is 0. The zero-order valence-electron chi connectivity index (χ0n) is 13.3. The lowest BCUT2D eigenvalue weighted by Crippen LogP contribution is -2.61. The van der Waals surface area contributed by atoms with Crippen molar-refractivity contribution >= 4 is 11.9 Å². The van der Waals surface area contributed by atoms with Crippen LogP contribution in [0.15, 0.2) is 0 Å². The molecule has 0 aromatic heterocycles. The first kappa shape index (κ1) is 14.5. The van der Waals surface area contributed by atoms with Crippen LogP contribution in [0, 0.1) is 23.7 Å². The van der Waals surface area contributed by atoms with Crippen LogP contribution in [0.4, 0.5) is 0 Å². The van der Waals surface area contributed by atoms with E-state index < -0.39 is 46.2 Å². The van der Waals surface area contributed by atoms with Crippen LogP contribution in [-0.4, -0.2) is 44.6 Å². The molecule has 22 heavy (non-hydrogen) atoms. The summed E-state index contributed by atoms with van der Waals surface area (Å²) in [5.74, 6) is -4.43. The molecule has 0 spiro atoms. The molecule has 6 nitrogen and oxygen atoms in total. The maximum atomic E-state index is 11.8. The third kappa shape index (κ3) is 1.23. The van der Waals surface area contributed by atoms with Crippen molar-refractivity contribution in [2.75, 3.05) is 0 Å². The van der Waals surface area contributed by atoms with E-state index in [9.17, 15) is 19.8 Å². The van der Waals surface area contributed by atoms with Crippen LogP contribution < -0.4 is 0 Å². The first-order valence-corrected chi connectivity index (χ1v) is 7.86. The molecule has 0 aliphatic carbocycles. The number of carboxylic acid groups (broad SMARTS) is 2. The second-order valence-corrected chi connectivity index (χ2v) is 8.28. The minimum atomic E-state index is -1.09. The van der Waals surface area contributed by atoms with E-state index in [1.54, 1.807) is 13.8 Å². The minimum absolute atomic E-state index is 0.0829. The monoisotopic (exact) mass is 310 g/mol. The third-order valence-electron chi connectivity index (χ3n) is 7.01.